The molecule has 3 rings (SSSR count). The third-order valence-corrected chi connectivity index (χ3v) is 3.54. The minimum absolute atomic E-state index is 0.312. The highest BCUT2D eigenvalue weighted by Gasteiger charge is 2.23. The van der Waals surface area contributed by atoms with Crippen molar-refractivity contribution in [3.8, 4) is 0 Å². The molecule has 1 aliphatic rings. The monoisotopic (exact) mass is 313 g/mol. The second kappa shape index (κ2) is 5.99. The highest BCUT2D eigenvalue weighted by molar-refractivity contribution is 6.34. The lowest BCUT2D eigenvalue weighted by molar-refractivity contribution is -0.116. The van der Waals surface area contributed by atoms with E-state index in [-0.39, 0.29) is 5.91 Å². The van der Waals surface area contributed by atoms with E-state index >= 15 is 0 Å². The molecule has 0 saturated carbocycles. The Bertz CT molecular complexity index is 773. The Morgan fingerprint density at radius 1 is 1.14 bits per heavy atom. The highest BCUT2D eigenvalue weighted by Crippen LogP contribution is 2.25. The quantitative estimate of drug-likeness (QED) is 0.895. The molecule has 0 aliphatic carbocycles. The van der Waals surface area contributed by atoms with E-state index in [1.54, 1.807) is 42.5 Å². The lowest BCUT2D eigenvalue weighted by atomic mass is 10.2. The molecule has 1 heterocycles. The molecule has 1 atom stereocenters. The Hall–Kier alpha value is -2.66. The van der Waals surface area contributed by atoms with Crippen LogP contribution >= 0.6 is 11.6 Å². The van der Waals surface area contributed by atoms with Crippen LogP contribution in [0.3, 0.4) is 0 Å². The Morgan fingerprint density at radius 2 is 1.86 bits per heavy atom. The molecular weight excluding hydrogens is 302 g/mol. The number of nitrogens with zero attached hydrogens (tertiary/aromatic N) is 1. The number of para-hydroxylation sites is 2. The summed E-state index contributed by atoms with van der Waals surface area (Å²) in [6.45, 7) is 0. The van der Waals surface area contributed by atoms with Crippen LogP contribution < -0.4 is 10.6 Å². The molecule has 2 N–H and O–H groups in total. The molecule has 110 valence electrons. The standard InChI is InChI=1S/C16H12ClN3O2/c17-11-6-2-1-5-10(11)15(21)20-14-9-18-12-7-3-4-8-13(12)19-16(14)22/h1-9,14H,(H,19,22)(H,20,21). The molecule has 2 aromatic rings. The van der Waals surface area contributed by atoms with Crippen LogP contribution in [0.15, 0.2) is 53.5 Å². The molecule has 0 spiro atoms. The summed E-state index contributed by atoms with van der Waals surface area (Å²) in [5.74, 6) is -0.780. The summed E-state index contributed by atoms with van der Waals surface area (Å²) < 4.78 is 0. The third kappa shape index (κ3) is 2.84. The Balaban J connectivity index is 1.81. The maximum absolute atomic E-state index is 12.2. The van der Waals surface area contributed by atoms with E-state index in [0.717, 1.165) is 0 Å². The lowest BCUT2D eigenvalue weighted by Crippen LogP contribution is -2.44. The first-order valence-corrected chi connectivity index (χ1v) is 7.02. The molecule has 2 aromatic carbocycles. The highest BCUT2D eigenvalue weighted by atomic mass is 35.5. The maximum Gasteiger partial charge on any atom is 0.253 e. The average molecular weight is 314 g/mol. The van der Waals surface area contributed by atoms with Crippen LogP contribution in [0.5, 0.6) is 0 Å². The zero-order valence-electron chi connectivity index (χ0n) is 11.4. The predicted octanol–water partition coefficient (Wildman–Crippen LogP) is 2.79. The van der Waals surface area contributed by atoms with E-state index in [4.69, 9.17) is 11.6 Å². The number of hydrogen-bond donors (Lipinski definition) is 2. The summed E-state index contributed by atoms with van der Waals surface area (Å²) in [6.07, 6.45) is 1.41. The molecular formula is C16H12ClN3O2. The van der Waals surface area contributed by atoms with Gasteiger partial charge in [0.1, 0.15) is 6.04 Å². The van der Waals surface area contributed by atoms with Gasteiger partial charge in [0.05, 0.1) is 22.0 Å². The van der Waals surface area contributed by atoms with Crippen LogP contribution in [0.4, 0.5) is 11.4 Å². The minimum Gasteiger partial charge on any atom is -0.336 e. The first-order valence-electron chi connectivity index (χ1n) is 6.64. The van der Waals surface area contributed by atoms with Crippen LogP contribution in [0.1, 0.15) is 10.4 Å². The summed E-state index contributed by atoms with van der Waals surface area (Å²) >= 11 is 5.98. The van der Waals surface area contributed by atoms with Crippen molar-refractivity contribution in [2.45, 2.75) is 6.04 Å². The van der Waals surface area contributed by atoms with Crippen LogP contribution in [-0.4, -0.2) is 24.1 Å². The van der Waals surface area contributed by atoms with Crippen molar-refractivity contribution in [2.24, 2.45) is 4.99 Å². The van der Waals surface area contributed by atoms with Gasteiger partial charge in [0, 0.05) is 6.21 Å². The smallest absolute Gasteiger partial charge is 0.253 e. The van der Waals surface area contributed by atoms with Crippen LogP contribution in [0.25, 0.3) is 0 Å². The van der Waals surface area contributed by atoms with Crippen LogP contribution in [0.2, 0.25) is 5.02 Å². The SMILES string of the molecule is O=C(NC1C=Nc2ccccc2NC1=O)c1ccccc1Cl. The van der Waals surface area contributed by atoms with Gasteiger partial charge in [0.15, 0.2) is 0 Å². The van der Waals surface area contributed by atoms with Crippen molar-refractivity contribution in [2.75, 3.05) is 5.32 Å². The molecule has 0 fully saturated rings. The number of halogens is 1. The second-order valence-electron chi connectivity index (χ2n) is 4.72. The zero-order valence-corrected chi connectivity index (χ0v) is 12.2. The molecule has 0 saturated heterocycles. The molecule has 2 amide bonds. The van der Waals surface area contributed by atoms with E-state index in [0.29, 0.717) is 22.0 Å². The third-order valence-electron chi connectivity index (χ3n) is 3.21. The molecule has 22 heavy (non-hydrogen) atoms. The van der Waals surface area contributed by atoms with Gasteiger partial charge in [0.2, 0.25) is 0 Å². The summed E-state index contributed by atoms with van der Waals surface area (Å²) in [7, 11) is 0. The van der Waals surface area contributed by atoms with Gasteiger partial charge < -0.3 is 10.6 Å². The Kier molecular flexibility index (Phi) is 3.89. The average Bonchev–Trinajstić information content (AvgIpc) is 2.67. The number of amides is 2. The summed E-state index contributed by atoms with van der Waals surface area (Å²) in [6, 6.07) is 12.9. The number of carbonyl (C=O) groups is 2. The fourth-order valence-electron chi connectivity index (χ4n) is 2.09. The molecule has 1 unspecified atom stereocenters. The van der Waals surface area contributed by atoms with Gasteiger partial charge >= 0.3 is 0 Å². The molecule has 0 bridgehead atoms. The van der Waals surface area contributed by atoms with Gasteiger partial charge in [0.25, 0.3) is 11.8 Å². The number of carbonyl (C=O) groups excluding carboxylic acids is 2. The van der Waals surface area contributed by atoms with Crippen LogP contribution in [0, 0.1) is 0 Å². The van der Waals surface area contributed by atoms with E-state index in [9.17, 15) is 9.59 Å². The van der Waals surface area contributed by atoms with E-state index in [1.165, 1.54) is 6.21 Å². The normalized spacial score (nSPS) is 16.4. The predicted molar refractivity (Wildman–Crippen MR) is 85.9 cm³/mol. The second-order valence-corrected chi connectivity index (χ2v) is 5.12. The molecule has 1 aliphatic heterocycles. The number of benzene rings is 2. The first-order chi connectivity index (χ1) is 10.6. The number of aliphatic imine (C=N–C) groups is 1. The fraction of sp³-hybridized carbons (Fsp3) is 0.0625. The first kappa shape index (κ1) is 14.3. The van der Waals surface area contributed by atoms with Gasteiger partial charge in [-0.3, -0.25) is 14.6 Å². The molecule has 6 heteroatoms. The number of rotatable bonds is 2. The van der Waals surface area contributed by atoms with Crippen molar-refractivity contribution >= 4 is 41.0 Å². The maximum atomic E-state index is 12.2. The number of hydrogen-bond acceptors (Lipinski definition) is 3. The summed E-state index contributed by atoms with van der Waals surface area (Å²) in [4.78, 5) is 28.6. The van der Waals surface area contributed by atoms with Gasteiger partial charge in [-0.1, -0.05) is 35.9 Å². The van der Waals surface area contributed by atoms with E-state index < -0.39 is 11.9 Å². The van der Waals surface area contributed by atoms with Crippen molar-refractivity contribution in [3.63, 3.8) is 0 Å². The van der Waals surface area contributed by atoms with E-state index in [1.807, 2.05) is 6.07 Å². The largest absolute Gasteiger partial charge is 0.336 e. The summed E-state index contributed by atoms with van der Waals surface area (Å²) in [5, 5.41) is 5.68. The van der Waals surface area contributed by atoms with Crippen molar-refractivity contribution in [3.05, 3.63) is 59.1 Å². The van der Waals surface area contributed by atoms with Crippen molar-refractivity contribution in [1.82, 2.24) is 5.32 Å². The van der Waals surface area contributed by atoms with Crippen molar-refractivity contribution < 1.29 is 9.59 Å². The minimum atomic E-state index is -0.865. The molecule has 5 nitrogen and oxygen atoms in total. The van der Waals surface area contributed by atoms with E-state index in [2.05, 4.69) is 15.6 Å². The van der Waals surface area contributed by atoms with Gasteiger partial charge in [-0.25, -0.2) is 0 Å². The molecule has 0 radical (unpaired) electrons. The van der Waals surface area contributed by atoms with Crippen molar-refractivity contribution in [1.29, 1.82) is 0 Å². The Morgan fingerprint density at radius 3 is 2.68 bits per heavy atom. The number of nitrogens with one attached hydrogen (secondary N) is 2. The van der Waals surface area contributed by atoms with Crippen LogP contribution in [-0.2, 0) is 4.79 Å². The van der Waals surface area contributed by atoms with Gasteiger partial charge in [-0.2, -0.15) is 0 Å². The molecule has 0 aromatic heterocycles. The zero-order chi connectivity index (χ0) is 15.5. The number of fused-ring (bicyclic) bond motifs is 1. The lowest BCUT2D eigenvalue weighted by Gasteiger charge is -2.13. The van der Waals surface area contributed by atoms with Gasteiger partial charge in [-0.15, -0.1) is 0 Å². The topological polar surface area (TPSA) is 70.6 Å². The Labute approximate surface area is 132 Å². The number of anilines is 1. The fourth-order valence-corrected chi connectivity index (χ4v) is 2.31. The summed E-state index contributed by atoms with van der Waals surface area (Å²) in [5.41, 5.74) is 1.57. The van der Waals surface area contributed by atoms with Gasteiger partial charge in [-0.05, 0) is 24.3 Å².